The molecule has 0 saturated heterocycles. The number of carbonyl (C=O) groups is 1. The molecule has 10 nitrogen and oxygen atoms in total. The second-order valence-corrected chi connectivity index (χ2v) is 12.2. The minimum atomic E-state index is -1.10. The number of fused-ring (bicyclic) bond motifs is 7. The first kappa shape index (κ1) is 28.3. The molecule has 0 fully saturated rings. The van der Waals surface area contributed by atoms with E-state index in [2.05, 4.69) is 22.0 Å². The fourth-order valence-corrected chi connectivity index (χ4v) is 7.76. The number of hydrogen-bond donors (Lipinski definition) is 6. The summed E-state index contributed by atoms with van der Waals surface area (Å²) in [5.74, 6) is -1.31. The number of aromatic nitrogens is 1. The molecule has 8 rings (SSSR count). The number of para-hydroxylation sites is 1. The van der Waals surface area contributed by atoms with Crippen molar-refractivity contribution in [2.24, 2.45) is 0 Å². The third-order valence-corrected chi connectivity index (χ3v) is 9.83. The summed E-state index contributed by atoms with van der Waals surface area (Å²) in [6.07, 6.45) is -0.791. The van der Waals surface area contributed by atoms with E-state index in [1.54, 1.807) is 18.2 Å². The van der Waals surface area contributed by atoms with Crippen LogP contribution in [0.1, 0.15) is 67.6 Å². The van der Waals surface area contributed by atoms with E-state index >= 15 is 0 Å². The molecule has 4 atom stereocenters. The van der Waals surface area contributed by atoms with Gasteiger partial charge in [-0.05, 0) is 59.4 Å². The fourth-order valence-electron chi connectivity index (χ4n) is 7.76. The number of methoxy groups -OCH3 is 1. The molecule has 6 N–H and O–H groups in total. The number of phenols is 4. The van der Waals surface area contributed by atoms with Crippen molar-refractivity contribution in [3.8, 4) is 28.7 Å². The lowest BCUT2D eigenvalue weighted by molar-refractivity contribution is 0.0170. The van der Waals surface area contributed by atoms with Crippen LogP contribution in [0.15, 0.2) is 66.7 Å². The number of nitrogens with zero attached hydrogens (tertiary/aromatic N) is 1. The van der Waals surface area contributed by atoms with Gasteiger partial charge in [-0.1, -0.05) is 36.4 Å². The van der Waals surface area contributed by atoms with Crippen LogP contribution in [-0.2, 0) is 24.0 Å². The normalized spacial score (nSPS) is 21.9. The number of phenolic OH excluding ortho intramolecular Hbond substituents is 4. The quantitative estimate of drug-likeness (QED) is 0.120. The highest BCUT2D eigenvalue weighted by atomic mass is 16.5. The van der Waals surface area contributed by atoms with Crippen molar-refractivity contribution in [2.45, 2.75) is 43.6 Å². The maximum Gasteiger partial charge on any atom is 0.338 e. The maximum absolute atomic E-state index is 13.1. The molecular weight excluding hydrogens is 588 g/mol. The van der Waals surface area contributed by atoms with Crippen LogP contribution in [0, 0.1) is 0 Å². The Morgan fingerprint density at radius 1 is 0.891 bits per heavy atom. The SMILES string of the molecule is COC(=O)c1cccc2c1C[C@@H]1c3[nH]c4ccccc4c3CCN1[C@@H]2c1c(O)cc(O)c2c1O[C@H](c1ccc(O)c(O)c1)[C@@H](O)C2. The van der Waals surface area contributed by atoms with Crippen molar-refractivity contribution in [3.63, 3.8) is 0 Å². The molecule has 3 aliphatic rings. The zero-order valence-electron chi connectivity index (χ0n) is 24.9. The summed E-state index contributed by atoms with van der Waals surface area (Å²) in [4.78, 5) is 19.0. The first-order valence-electron chi connectivity index (χ1n) is 15.2. The molecule has 3 aliphatic heterocycles. The number of nitrogens with one attached hydrogen (secondary N) is 1. The smallest absolute Gasteiger partial charge is 0.338 e. The molecule has 5 aromatic rings. The topological polar surface area (TPSA) is 156 Å². The van der Waals surface area contributed by atoms with Gasteiger partial charge in [0.15, 0.2) is 11.5 Å². The van der Waals surface area contributed by atoms with Gasteiger partial charge in [-0.25, -0.2) is 4.79 Å². The van der Waals surface area contributed by atoms with Gasteiger partial charge in [-0.2, -0.15) is 0 Å². The van der Waals surface area contributed by atoms with Gasteiger partial charge in [-0.3, -0.25) is 4.90 Å². The first-order chi connectivity index (χ1) is 22.2. The summed E-state index contributed by atoms with van der Waals surface area (Å²) in [7, 11) is 1.35. The number of carbonyl (C=O) groups excluding carboxylic acids is 1. The largest absolute Gasteiger partial charge is 0.507 e. The number of aromatic amines is 1. The zero-order chi connectivity index (χ0) is 31.9. The predicted molar refractivity (Wildman–Crippen MR) is 167 cm³/mol. The maximum atomic E-state index is 13.1. The standard InChI is InChI=1S/C36H32N2O8/c1-45-36(44)21-7-4-6-20-22(21)14-25-32-19(18-5-2-3-8-24(18)37-32)11-12-38(25)33(20)31-29(42)16-27(40)23-15-30(43)34(46-35(23)31)17-9-10-26(39)28(41)13-17/h2-10,13,16,25,30,33-34,37,39-43H,11-12,14-15H2,1H3/t25-,30+,33+,34-/m1/s1. The van der Waals surface area contributed by atoms with Crippen molar-refractivity contribution in [3.05, 3.63) is 111 Å². The van der Waals surface area contributed by atoms with Crippen LogP contribution in [0.5, 0.6) is 28.7 Å². The van der Waals surface area contributed by atoms with E-state index in [1.807, 2.05) is 18.2 Å². The highest BCUT2D eigenvalue weighted by molar-refractivity contribution is 5.92. The average Bonchev–Trinajstić information content (AvgIpc) is 3.44. The minimum Gasteiger partial charge on any atom is -0.507 e. The van der Waals surface area contributed by atoms with E-state index in [0.717, 1.165) is 34.1 Å². The fraction of sp³-hybridized carbons (Fsp3) is 0.250. The third kappa shape index (κ3) is 4.14. The summed E-state index contributed by atoms with van der Waals surface area (Å²) in [6.45, 7) is 0.638. The van der Waals surface area contributed by atoms with Crippen LogP contribution in [0.3, 0.4) is 0 Å². The monoisotopic (exact) mass is 620 g/mol. The molecule has 0 spiro atoms. The van der Waals surface area contributed by atoms with E-state index in [0.29, 0.717) is 35.2 Å². The summed E-state index contributed by atoms with van der Waals surface area (Å²) in [5.41, 5.74) is 6.49. The molecule has 0 bridgehead atoms. The van der Waals surface area contributed by atoms with Crippen molar-refractivity contribution in [1.29, 1.82) is 0 Å². The molecule has 0 radical (unpaired) electrons. The van der Waals surface area contributed by atoms with Gasteiger partial charge >= 0.3 is 5.97 Å². The Morgan fingerprint density at radius 2 is 1.72 bits per heavy atom. The van der Waals surface area contributed by atoms with E-state index in [-0.39, 0.29) is 41.2 Å². The summed E-state index contributed by atoms with van der Waals surface area (Å²) >= 11 is 0. The lowest BCUT2D eigenvalue weighted by Crippen LogP contribution is -2.44. The lowest BCUT2D eigenvalue weighted by atomic mass is 9.77. The van der Waals surface area contributed by atoms with Crippen molar-refractivity contribution in [2.75, 3.05) is 13.7 Å². The molecule has 1 aromatic heterocycles. The molecule has 10 heteroatoms. The van der Waals surface area contributed by atoms with E-state index in [4.69, 9.17) is 9.47 Å². The Kier molecular flexibility index (Phi) is 6.42. The zero-order valence-corrected chi connectivity index (χ0v) is 24.9. The van der Waals surface area contributed by atoms with Gasteiger partial charge in [0.2, 0.25) is 0 Å². The van der Waals surface area contributed by atoms with Crippen LogP contribution in [-0.4, -0.2) is 61.1 Å². The van der Waals surface area contributed by atoms with Crippen LogP contribution in [0.4, 0.5) is 0 Å². The van der Waals surface area contributed by atoms with E-state index in [1.165, 1.54) is 30.9 Å². The molecule has 0 saturated carbocycles. The number of ether oxygens (including phenoxy) is 2. The number of esters is 1. The van der Waals surface area contributed by atoms with E-state index < -0.39 is 24.2 Å². The molecule has 4 aromatic carbocycles. The Hall–Kier alpha value is -5.19. The summed E-state index contributed by atoms with van der Waals surface area (Å²) in [5, 5.41) is 55.1. The summed E-state index contributed by atoms with van der Waals surface area (Å²) in [6, 6.07) is 18.3. The molecule has 0 unspecified atom stereocenters. The first-order valence-corrected chi connectivity index (χ1v) is 15.2. The second-order valence-electron chi connectivity index (χ2n) is 12.2. The van der Waals surface area contributed by atoms with Crippen molar-refractivity contribution in [1.82, 2.24) is 9.88 Å². The molecule has 0 aliphatic carbocycles. The number of aromatic hydroxyl groups is 4. The van der Waals surface area contributed by atoms with Gasteiger partial charge in [-0.15, -0.1) is 0 Å². The number of aliphatic hydroxyl groups excluding tert-OH is 1. The number of rotatable bonds is 3. The molecule has 234 valence electrons. The second kappa shape index (κ2) is 10.4. The molecular formula is C36H32N2O8. The average molecular weight is 621 g/mol. The molecule has 0 amide bonds. The van der Waals surface area contributed by atoms with Crippen LogP contribution >= 0.6 is 0 Å². The van der Waals surface area contributed by atoms with Crippen LogP contribution < -0.4 is 4.74 Å². The third-order valence-electron chi connectivity index (χ3n) is 9.83. The highest BCUT2D eigenvalue weighted by Crippen LogP contribution is 2.55. The van der Waals surface area contributed by atoms with Crippen molar-refractivity contribution >= 4 is 16.9 Å². The number of benzene rings is 4. The van der Waals surface area contributed by atoms with Crippen LogP contribution in [0.2, 0.25) is 0 Å². The Labute approximate surface area is 263 Å². The molecule has 4 heterocycles. The predicted octanol–water partition coefficient (Wildman–Crippen LogP) is 5.06. The van der Waals surface area contributed by atoms with Crippen molar-refractivity contribution < 1.29 is 39.8 Å². The van der Waals surface area contributed by atoms with Gasteiger partial charge in [0.05, 0.1) is 36.4 Å². The lowest BCUT2D eigenvalue weighted by Gasteiger charge is -2.47. The Bertz CT molecular complexity index is 2050. The van der Waals surface area contributed by atoms with Gasteiger partial charge < -0.3 is 40.0 Å². The number of hydrogen-bond acceptors (Lipinski definition) is 9. The van der Waals surface area contributed by atoms with Gasteiger partial charge in [0, 0.05) is 41.2 Å². The number of H-pyrrole nitrogens is 1. The number of aliphatic hydroxyl groups is 1. The summed E-state index contributed by atoms with van der Waals surface area (Å²) < 4.78 is 11.7. The van der Waals surface area contributed by atoms with Gasteiger partial charge in [0.1, 0.15) is 23.4 Å². The Balaban J connectivity index is 1.34. The van der Waals surface area contributed by atoms with Crippen LogP contribution in [0.25, 0.3) is 10.9 Å². The molecule has 46 heavy (non-hydrogen) atoms. The minimum absolute atomic E-state index is 0.0120. The Morgan fingerprint density at radius 3 is 2.52 bits per heavy atom. The van der Waals surface area contributed by atoms with E-state index in [9.17, 15) is 30.3 Å². The van der Waals surface area contributed by atoms with Gasteiger partial charge in [0.25, 0.3) is 0 Å². The highest BCUT2D eigenvalue weighted by Gasteiger charge is 2.45.